The molecule has 0 aromatic heterocycles. The molecule has 2 aromatic carbocycles. The summed E-state index contributed by atoms with van der Waals surface area (Å²) >= 11 is 0. The maximum Gasteiger partial charge on any atom is 0.310 e. The van der Waals surface area contributed by atoms with Crippen LogP contribution >= 0.6 is 0 Å². The lowest BCUT2D eigenvalue weighted by atomic mass is 9.44. The number of hydrogen-bond acceptors (Lipinski definition) is 9. The Morgan fingerprint density at radius 3 is 2.48 bits per heavy atom. The molecule has 7 rings (SSSR count). The fourth-order valence-electron chi connectivity index (χ4n) is 9.94. The van der Waals surface area contributed by atoms with Crippen LogP contribution in [0.4, 0.5) is 10.1 Å². The summed E-state index contributed by atoms with van der Waals surface area (Å²) in [4.78, 5) is 54.7. The van der Waals surface area contributed by atoms with E-state index < -0.39 is 76.7 Å². The lowest BCUT2D eigenvalue weighted by molar-refractivity contribution is -0.231. The Kier molecular flexibility index (Phi) is 9.07. The molecule has 1 saturated heterocycles. The zero-order chi connectivity index (χ0) is 37.2. The summed E-state index contributed by atoms with van der Waals surface area (Å²) in [5.41, 5.74) is -3.27. The Hall–Kier alpha value is -4.19. The van der Waals surface area contributed by atoms with Crippen molar-refractivity contribution in [1.82, 2.24) is 5.32 Å². The number of carbonyl (C=O) groups is 4. The Balaban J connectivity index is 1.16. The highest BCUT2D eigenvalue weighted by Gasteiger charge is 2.79. The second kappa shape index (κ2) is 13.0. The number of rotatable bonds is 9. The quantitative estimate of drug-likeness (QED) is 0.342. The van der Waals surface area contributed by atoms with E-state index in [0.29, 0.717) is 36.0 Å². The molecule has 11 heteroatoms. The van der Waals surface area contributed by atoms with Crippen LogP contribution in [0.2, 0.25) is 0 Å². The highest BCUT2D eigenvalue weighted by atomic mass is 19.1. The Labute approximate surface area is 303 Å². The van der Waals surface area contributed by atoms with Crippen LogP contribution in [-0.2, 0) is 28.6 Å². The van der Waals surface area contributed by atoms with E-state index in [9.17, 15) is 24.3 Å². The Morgan fingerprint density at radius 1 is 1.08 bits per heavy atom. The molecule has 3 saturated carbocycles. The van der Waals surface area contributed by atoms with Crippen molar-refractivity contribution in [2.45, 2.75) is 76.2 Å². The molecule has 4 fully saturated rings. The van der Waals surface area contributed by atoms with Gasteiger partial charge in [-0.05, 0) is 74.9 Å². The number of hydrogen-bond donors (Lipinski definition) is 2. The van der Waals surface area contributed by atoms with Crippen molar-refractivity contribution in [3.05, 3.63) is 89.5 Å². The molecule has 4 aliphatic carbocycles. The van der Waals surface area contributed by atoms with Crippen molar-refractivity contribution in [2.24, 2.45) is 28.6 Å². The number of Topliss-reactive ketones (excluding diaryl/α,β-unsaturated/α-hetero) is 1. The van der Waals surface area contributed by atoms with Gasteiger partial charge in [0.25, 0.3) is 5.91 Å². The third-order valence-corrected chi connectivity index (χ3v) is 12.8. The topological polar surface area (TPSA) is 131 Å². The SMILES string of the molecule is CC(CNC(=O)c1ccccc1)C(=O)OCC(=O)[C@@]12OC(c3ccc(N(C)C)cc3)O[C@@H]1C[C@H]1[C@@H]3CCC4=CC(=O)C=C[C@@]4(C)[C@@]3(F)[C@@H](O)C[C@@]12C. The molecule has 1 aliphatic heterocycles. The van der Waals surface area contributed by atoms with Crippen LogP contribution in [0.25, 0.3) is 0 Å². The molecule has 2 unspecified atom stereocenters. The molecular formula is C41H47FN2O8. The van der Waals surface area contributed by atoms with E-state index in [0.717, 1.165) is 5.69 Å². The minimum atomic E-state index is -2.10. The van der Waals surface area contributed by atoms with Gasteiger partial charge in [-0.15, -0.1) is 0 Å². The van der Waals surface area contributed by atoms with Gasteiger partial charge in [-0.1, -0.05) is 55.8 Å². The van der Waals surface area contributed by atoms with Crippen LogP contribution in [0, 0.1) is 28.6 Å². The van der Waals surface area contributed by atoms with E-state index in [1.165, 1.54) is 12.2 Å². The molecule has 52 heavy (non-hydrogen) atoms. The van der Waals surface area contributed by atoms with Crippen molar-refractivity contribution < 1.29 is 42.9 Å². The number of amides is 1. The van der Waals surface area contributed by atoms with Crippen LogP contribution in [0.15, 0.2) is 78.4 Å². The predicted octanol–water partition coefficient (Wildman–Crippen LogP) is 5.06. The van der Waals surface area contributed by atoms with Crippen LogP contribution in [0.1, 0.15) is 68.7 Å². The van der Waals surface area contributed by atoms with E-state index in [4.69, 9.17) is 14.2 Å². The van der Waals surface area contributed by atoms with E-state index in [2.05, 4.69) is 5.32 Å². The van der Waals surface area contributed by atoms with Gasteiger partial charge >= 0.3 is 5.97 Å². The monoisotopic (exact) mass is 714 g/mol. The number of aliphatic hydroxyl groups is 1. The Morgan fingerprint density at radius 2 is 1.79 bits per heavy atom. The summed E-state index contributed by atoms with van der Waals surface area (Å²) in [5, 5.41) is 14.7. The summed E-state index contributed by atoms with van der Waals surface area (Å²) in [6.45, 7) is 4.60. The first-order valence-electron chi connectivity index (χ1n) is 18.1. The van der Waals surface area contributed by atoms with Gasteiger partial charge in [-0.25, -0.2) is 4.39 Å². The van der Waals surface area contributed by atoms with E-state index in [1.54, 1.807) is 50.3 Å². The normalized spacial score (nSPS) is 36.4. The number of anilines is 1. The van der Waals surface area contributed by atoms with Crippen molar-refractivity contribution in [1.29, 1.82) is 0 Å². The van der Waals surface area contributed by atoms with Crippen molar-refractivity contribution in [3.8, 4) is 0 Å². The molecule has 2 aromatic rings. The van der Waals surface area contributed by atoms with Gasteiger partial charge in [0.2, 0.25) is 5.78 Å². The number of aliphatic hydroxyl groups excluding tert-OH is 1. The number of ether oxygens (including phenoxy) is 3. The third-order valence-electron chi connectivity index (χ3n) is 12.8. The third kappa shape index (κ3) is 5.38. The minimum absolute atomic E-state index is 0.000633. The molecule has 0 radical (unpaired) electrons. The largest absolute Gasteiger partial charge is 0.457 e. The van der Waals surface area contributed by atoms with Crippen molar-refractivity contribution >= 4 is 29.1 Å². The Bertz CT molecular complexity index is 1830. The fourth-order valence-corrected chi connectivity index (χ4v) is 9.94. The number of halogens is 1. The molecule has 5 aliphatic rings. The van der Waals surface area contributed by atoms with E-state index >= 15 is 4.39 Å². The van der Waals surface area contributed by atoms with Crippen LogP contribution in [-0.4, -0.2) is 79.3 Å². The first kappa shape index (κ1) is 36.2. The molecule has 1 heterocycles. The second-order valence-corrected chi connectivity index (χ2v) is 15.8. The average molecular weight is 715 g/mol. The molecule has 10 atom stereocenters. The van der Waals surface area contributed by atoms with Gasteiger partial charge < -0.3 is 29.5 Å². The van der Waals surface area contributed by atoms with Crippen LogP contribution in [0.3, 0.4) is 0 Å². The highest BCUT2D eigenvalue weighted by Crippen LogP contribution is 2.72. The molecule has 0 spiro atoms. The van der Waals surface area contributed by atoms with Gasteiger partial charge in [-0.3, -0.25) is 19.2 Å². The predicted molar refractivity (Wildman–Crippen MR) is 190 cm³/mol. The number of benzene rings is 2. The number of nitrogens with zero attached hydrogens (tertiary/aromatic N) is 1. The maximum atomic E-state index is 17.9. The van der Waals surface area contributed by atoms with Crippen molar-refractivity contribution in [2.75, 3.05) is 32.1 Å². The van der Waals surface area contributed by atoms with Crippen LogP contribution < -0.4 is 10.2 Å². The molecule has 1 amide bonds. The van der Waals surface area contributed by atoms with Gasteiger partial charge in [-0.2, -0.15) is 0 Å². The number of carbonyl (C=O) groups excluding carboxylic acids is 4. The smallest absolute Gasteiger partial charge is 0.310 e. The number of alkyl halides is 1. The lowest BCUT2D eigenvalue weighted by Crippen LogP contribution is -2.69. The summed E-state index contributed by atoms with van der Waals surface area (Å²) in [6.07, 6.45) is 2.29. The number of esters is 1. The molecule has 2 N–H and O–H groups in total. The van der Waals surface area contributed by atoms with Gasteiger partial charge in [0.1, 0.15) is 0 Å². The standard InChI is InChI=1S/C41H47FN2O8/c1-24(22-43-35(48)25-9-7-6-8-10-25)36(49)50-23-33(47)41-34(51-37(52-41)26-11-14-28(15-12-26)44(4)5)20-31-30-16-13-27-19-29(45)17-18-38(27,2)40(30,42)32(46)21-39(31,41)3/h6-12,14-15,17-19,24,30-32,34,37,46H,13,16,20-23H2,1-5H3,(H,43,48)/t24?,30-,31-,32-,34+,37?,38+,39-,40-,41+/m0/s1. The number of fused-ring (bicyclic) bond motifs is 7. The fraction of sp³-hybridized carbons (Fsp3) is 0.512. The van der Waals surface area contributed by atoms with Gasteiger partial charge in [0.05, 0.1) is 18.1 Å². The van der Waals surface area contributed by atoms with Crippen molar-refractivity contribution in [3.63, 3.8) is 0 Å². The van der Waals surface area contributed by atoms with Gasteiger partial charge in [0.15, 0.2) is 29.9 Å². The van der Waals surface area contributed by atoms with E-state index in [1.807, 2.05) is 50.2 Å². The minimum Gasteiger partial charge on any atom is -0.457 e. The summed E-state index contributed by atoms with van der Waals surface area (Å²) in [6, 6.07) is 16.2. The molecular weight excluding hydrogens is 667 g/mol. The molecule has 10 nitrogen and oxygen atoms in total. The summed E-state index contributed by atoms with van der Waals surface area (Å²) in [5.74, 6) is -3.58. The van der Waals surface area contributed by atoms with Gasteiger partial charge in [0, 0.05) is 54.2 Å². The second-order valence-electron chi connectivity index (χ2n) is 15.8. The molecule has 0 bridgehead atoms. The first-order chi connectivity index (χ1) is 24.7. The number of allylic oxidation sites excluding steroid dienone is 4. The summed E-state index contributed by atoms with van der Waals surface area (Å²) < 4.78 is 36.9. The summed E-state index contributed by atoms with van der Waals surface area (Å²) in [7, 11) is 3.86. The number of nitrogens with one attached hydrogen (secondary N) is 1. The lowest BCUT2D eigenvalue weighted by Gasteiger charge is -2.62. The maximum absolute atomic E-state index is 17.9. The average Bonchev–Trinajstić information content (AvgIpc) is 3.63. The zero-order valence-electron chi connectivity index (χ0n) is 30.3. The first-order valence-corrected chi connectivity index (χ1v) is 18.1. The zero-order valence-corrected chi connectivity index (χ0v) is 30.3. The van der Waals surface area contributed by atoms with Crippen LogP contribution in [0.5, 0.6) is 0 Å². The number of ketones is 2. The molecule has 276 valence electrons. The van der Waals surface area contributed by atoms with E-state index in [-0.39, 0.29) is 24.7 Å². The highest BCUT2D eigenvalue weighted by molar-refractivity contribution is 6.01.